The molecule has 3 aromatic carbocycles. The van der Waals surface area contributed by atoms with E-state index < -0.39 is 5.97 Å². The summed E-state index contributed by atoms with van der Waals surface area (Å²) in [5.41, 5.74) is 6.26. The van der Waals surface area contributed by atoms with Gasteiger partial charge in [0, 0.05) is 17.4 Å². The van der Waals surface area contributed by atoms with E-state index in [2.05, 4.69) is 56.3 Å². The van der Waals surface area contributed by atoms with Gasteiger partial charge in [0.15, 0.2) is 0 Å². The van der Waals surface area contributed by atoms with Crippen LogP contribution in [0.25, 0.3) is 22.1 Å². The number of aliphatic carboxylic acids is 1. The maximum Gasteiger partial charge on any atom is 0.307 e. The fourth-order valence-electron chi connectivity index (χ4n) is 3.76. The molecule has 0 radical (unpaired) electrons. The topological polar surface area (TPSA) is 50.4 Å². The summed E-state index contributed by atoms with van der Waals surface area (Å²) in [5.74, 6) is 0.353. The highest BCUT2D eigenvalue weighted by Crippen LogP contribution is 2.30. The number of carboxylic acid groups (broad SMARTS) is 1. The fraction of sp³-hybridized carbons (Fsp3) is 0.192. The number of carboxylic acids is 1. The van der Waals surface area contributed by atoms with Crippen molar-refractivity contribution in [2.45, 2.75) is 32.6 Å². The quantitative estimate of drug-likeness (QED) is 0.416. The summed E-state index contributed by atoms with van der Waals surface area (Å²) in [6.07, 6.45) is 0.525. The minimum Gasteiger partial charge on any atom is -0.481 e. The van der Waals surface area contributed by atoms with Gasteiger partial charge in [0.2, 0.25) is 0 Å². The first-order valence-electron chi connectivity index (χ1n) is 9.91. The van der Waals surface area contributed by atoms with Crippen molar-refractivity contribution >= 4 is 16.9 Å². The lowest BCUT2D eigenvalue weighted by atomic mass is 9.95. The van der Waals surface area contributed by atoms with E-state index in [1.165, 1.54) is 11.1 Å². The molecule has 0 spiro atoms. The Morgan fingerprint density at radius 2 is 1.66 bits per heavy atom. The number of para-hydroxylation sites is 1. The number of benzene rings is 3. The summed E-state index contributed by atoms with van der Waals surface area (Å²) in [6.45, 7) is 4.39. The third-order valence-electron chi connectivity index (χ3n) is 5.29. The fourth-order valence-corrected chi connectivity index (χ4v) is 3.76. The molecule has 0 unspecified atom stereocenters. The number of hydrogen-bond acceptors (Lipinski definition) is 2. The number of rotatable bonds is 6. The summed E-state index contributed by atoms with van der Waals surface area (Å²) < 4.78 is 6.04. The van der Waals surface area contributed by atoms with E-state index in [9.17, 15) is 9.90 Å². The second kappa shape index (κ2) is 7.96. The van der Waals surface area contributed by atoms with E-state index in [0.717, 1.165) is 33.4 Å². The van der Waals surface area contributed by atoms with Gasteiger partial charge in [-0.1, -0.05) is 80.6 Å². The van der Waals surface area contributed by atoms with Crippen molar-refractivity contribution in [3.05, 3.63) is 95.2 Å². The Morgan fingerprint density at radius 1 is 0.931 bits per heavy atom. The average molecular weight is 384 g/mol. The Morgan fingerprint density at radius 3 is 2.41 bits per heavy atom. The molecule has 0 amide bonds. The molecule has 0 aliphatic carbocycles. The molecule has 4 aromatic rings. The van der Waals surface area contributed by atoms with Crippen molar-refractivity contribution in [2.75, 3.05) is 0 Å². The second-order valence-corrected chi connectivity index (χ2v) is 7.73. The molecular formula is C26H24O3. The molecule has 0 saturated carbocycles. The summed E-state index contributed by atoms with van der Waals surface area (Å²) in [7, 11) is 0. The SMILES string of the molecule is CC(C)c1cccc(-c2cccc(Cc3oc4ccccc4c3CC(=O)O)c2)c1. The summed E-state index contributed by atoms with van der Waals surface area (Å²) >= 11 is 0. The van der Waals surface area contributed by atoms with Gasteiger partial charge >= 0.3 is 5.97 Å². The van der Waals surface area contributed by atoms with Crippen LogP contribution in [-0.2, 0) is 17.6 Å². The van der Waals surface area contributed by atoms with Crippen LogP contribution < -0.4 is 0 Å². The Bertz CT molecular complexity index is 1170. The van der Waals surface area contributed by atoms with Gasteiger partial charge in [-0.05, 0) is 34.2 Å². The van der Waals surface area contributed by atoms with Crippen molar-refractivity contribution in [3.63, 3.8) is 0 Å². The van der Waals surface area contributed by atoms with Crippen molar-refractivity contribution in [1.82, 2.24) is 0 Å². The molecule has 146 valence electrons. The van der Waals surface area contributed by atoms with Crippen LogP contribution in [0.4, 0.5) is 0 Å². The highest BCUT2D eigenvalue weighted by atomic mass is 16.4. The minimum atomic E-state index is -0.850. The minimum absolute atomic E-state index is 0.0392. The van der Waals surface area contributed by atoms with Crippen LogP contribution in [0.15, 0.2) is 77.2 Å². The first-order chi connectivity index (χ1) is 14.0. The normalized spacial score (nSPS) is 11.3. The van der Waals surface area contributed by atoms with Crippen molar-refractivity contribution < 1.29 is 14.3 Å². The van der Waals surface area contributed by atoms with Gasteiger partial charge < -0.3 is 9.52 Å². The molecule has 0 saturated heterocycles. The number of carbonyl (C=O) groups is 1. The van der Waals surface area contributed by atoms with E-state index in [1.807, 2.05) is 30.3 Å². The molecular weight excluding hydrogens is 360 g/mol. The highest BCUT2D eigenvalue weighted by Gasteiger charge is 2.17. The molecule has 3 heteroatoms. The van der Waals surface area contributed by atoms with Crippen LogP contribution >= 0.6 is 0 Å². The Hall–Kier alpha value is -3.33. The van der Waals surface area contributed by atoms with Gasteiger partial charge in [0.1, 0.15) is 11.3 Å². The molecule has 3 nitrogen and oxygen atoms in total. The third kappa shape index (κ3) is 4.09. The molecule has 0 aliphatic rings. The molecule has 1 heterocycles. The lowest BCUT2D eigenvalue weighted by molar-refractivity contribution is -0.136. The Balaban J connectivity index is 1.70. The van der Waals surface area contributed by atoms with Crippen LogP contribution in [-0.4, -0.2) is 11.1 Å². The summed E-state index contributed by atoms with van der Waals surface area (Å²) in [4.78, 5) is 11.4. The monoisotopic (exact) mass is 384 g/mol. The Labute approximate surface area is 170 Å². The molecule has 0 aliphatic heterocycles. The van der Waals surface area contributed by atoms with E-state index in [4.69, 9.17) is 4.42 Å². The largest absolute Gasteiger partial charge is 0.481 e. The van der Waals surface area contributed by atoms with Crippen molar-refractivity contribution in [3.8, 4) is 11.1 Å². The zero-order valence-corrected chi connectivity index (χ0v) is 16.7. The van der Waals surface area contributed by atoms with Crippen molar-refractivity contribution in [1.29, 1.82) is 0 Å². The predicted molar refractivity (Wildman–Crippen MR) is 116 cm³/mol. The number of hydrogen-bond donors (Lipinski definition) is 1. The number of furan rings is 1. The van der Waals surface area contributed by atoms with E-state index in [0.29, 0.717) is 12.3 Å². The van der Waals surface area contributed by atoms with Crippen LogP contribution in [0.2, 0.25) is 0 Å². The molecule has 0 atom stereocenters. The van der Waals surface area contributed by atoms with Crippen LogP contribution in [0.1, 0.15) is 42.2 Å². The molecule has 29 heavy (non-hydrogen) atoms. The molecule has 1 aromatic heterocycles. The van der Waals surface area contributed by atoms with Gasteiger partial charge in [0.05, 0.1) is 6.42 Å². The zero-order valence-electron chi connectivity index (χ0n) is 16.7. The van der Waals surface area contributed by atoms with Crippen LogP contribution in [0.5, 0.6) is 0 Å². The van der Waals surface area contributed by atoms with Gasteiger partial charge in [-0.25, -0.2) is 0 Å². The first-order valence-corrected chi connectivity index (χ1v) is 9.91. The molecule has 4 rings (SSSR count). The molecule has 0 fully saturated rings. The highest BCUT2D eigenvalue weighted by molar-refractivity contribution is 5.86. The standard InChI is InChI=1S/C26H24O3/c1-17(2)19-8-6-10-21(15-19)20-9-5-7-18(13-20)14-25-23(16-26(27)28)22-11-3-4-12-24(22)29-25/h3-13,15,17H,14,16H2,1-2H3,(H,27,28). The average Bonchev–Trinajstić information content (AvgIpc) is 3.05. The van der Waals surface area contributed by atoms with Gasteiger partial charge in [-0.15, -0.1) is 0 Å². The molecule has 0 bridgehead atoms. The molecule has 1 N–H and O–H groups in total. The lowest BCUT2D eigenvalue weighted by Crippen LogP contribution is -2.02. The lowest BCUT2D eigenvalue weighted by Gasteiger charge is -2.10. The van der Waals surface area contributed by atoms with E-state index in [-0.39, 0.29) is 6.42 Å². The van der Waals surface area contributed by atoms with E-state index in [1.54, 1.807) is 0 Å². The third-order valence-corrected chi connectivity index (χ3v) is 5.29. The first kappa shape index (κ1) is 19.0. The van der Waals surface area contributed by atoms with Crippen molar-refractivity contribution in [2.24, 2.45) is 0 Å². The number of fused-ring (bicyclic) bond motifs is 1. The smallest absolute Gasteiger partial charge is 0.307 e. The van der Waals surface area contributed by atoms with E-state index >= 15 is 0 Å². The van der Waals surface area contributed by atoms with Crippen LogP contribution in [0, 0.1) is 0 Å². The maximum absolute atomic E-state index is 11.4. The van der Waals surface area contributed by atoms with Crippen LogP contribution in [0.3, 0.4) is 0 Å². The second-order valence-electron chi connectivity index (χ2n) is 7.73. The predicted octanol–water partition coefficient (Wildman–Crippen LogP) is 6.44. The Kier molecular flexibility index (Phi) is 5.22. The van der Waals surface area contributed by atoms with Gasteiger partial charge in [-0.3, -0.25) is 4.79 Å². The van der Waals surface area contributed by atoms with Gasteiger partial charge in [-0.2, -0.15) is 0 Å². The summed E-state index contributed by atoms with van der Waals surface area (Å²) in [6, 6.07) is 24.6. The van der Waals surface area contributed by atoms with Gasteiger partial charge in [0.25, 0.3) is 0 Å². The zero-order chi connectivity index (χ0) is 20.4. The summed E-state index contributed by atoms with van der Waals surface area (Å²) in [5, 5.41) is 10.2. The maximum atomic E-state index is 11.4.